The lowest BCUT2D eigenvalue weighted by molar-refractivity contribution is 0.0699. The molecule has 0 amide bonds. The SMILES string of the molecule is CSc1ccccc1-c1nc2c(C(=O)O)cccc2o1. The summed E-state index contributed by atoms with van der Waals surface area (Å²) in [6, 6.07) is 12.6. The number of hydrogen-bond donors (Lipinski definition) is 1. The van der Waals surface area contributed by atoms with Crippen LogP contribution in [0.5, 0.6) is 0 Å². The number of aromatic nitrogens is 1. The predicted molar refractivity (Wildman–Crippen MR) is 78.2 cm³/mol. The highest BCUT2D eigenvalue weighted by Gasteiger charge is 2.16. The van der Waals surface area contributed by atoms with Gasteiger partial charge in [-0.05, 0) is 30.5 Å². The molecule has 4 nitrogen and oxygen atoms in total. The molecule has 1 heterocycles. The Balaban J connectivity index is 2.23. The van der Waals surface area contributed by atoms with Gasteiger partial charge < -0.3 is 9.52 Å². The molecular weight excluding hydrogens is 274 g/mol. The van der Waals surface area contributed by atoms with Gasteiger partial charge in [-0.15, -0.1) is 11.8 Å². The fraction of sp³-hybridized carbons (Fsp3) is 0.0667. The van der Waals surface area contributed by atoms with E-state index in [0.717, 1.165) is 10.5 Å². The van der Waals surface area contributed by atoms with Crippen molar-refractivity contribution >= 4 is 28.8 Å². The van der Waals surface area contributed by atoms with Crippen LogP contribution in [0, 0.1) is 0 Å². The second-order valence-corrected chi connectivity index (χ2v) is 5.02. The molecule has 100 valence electrons. The van der Waals surface area contributed by atoms with Gasteiger partial charge in [-0.1, -0.05) is 18.2 Å². The van der Waals surface area contributed by atoms with Crippen LogP contribution in [0.2, 0.25) is 0 Å². The topological polar surface area (TPSA) is 63.3 Å². The zero-order valence-corrected chi connectivity index (χ0v) is 11.5. The number of carboxylic acid groups (broad SMARTS) is 1. The van der Waals surface area contributed by atoms with E-state index >= 15 is 0 Å². The Hall–Kier alpha value is -2.27. The van der Waals surface area contributed by atoms with Crippen molar-refractivity contribution in [1.82, 2.24) is 4.98 Å². The molecule has 0 saturated heterocycles. The summed E-state index contributed by atoms with van der Waals surface area (Å²) in [4.78, 5) is 16.6. The Morgan fingerprint density at radius 3 is 2.75 bits per heavy atom. The van der Waals surface area contributed by atoms with Crippen LogP contribution >= 0.6 is 11.8 Å². The lowest BCUT2D eigenvalue weighted by atomic mass is 10.2. The highest BCUT2D eigenvalue weighted by atomic mass is 32.2. The normalized spacial score (nSPS) is 10.8. The van der Waals surface area contributed by atoms with Crippen LogP contribution in [0.15, 0.2) is 51.8 Å². The molecule has 0 saturated carbocycles. The number of hydrogen-bond acceptors (Lipinski definition) is 4. The molecule has 0 radical (unpaired) electrons. The molecule has 0 aliphatic heterocycles. The van der Waals surface area contributed by atoms with Gasteiger partial charge in [0.05, 0.1) is 11.1 Å². The molecule has 0 fully saturated rings. The number of rotatable bonds is 3. The van der Waals surface area contributed by atoms with Crippen LogP contribution in [0.25, 0.3) is 22.6 Å². The fourth-order valence-electron chi connectivity index (χ4n) is 2.06. The van der Waals surface area contributed by atoms with E-state index in [1.54, 1.807) is 23.9 Å². The van der Waals surface area contributed by atoms with Crippen molar-refractivity contribution in [1.29, 1.82) is 0 Å². The molecule has 5 heteroatoms. The first-order valence-electron chi connectivity index (χ1n) is 5.97. The first kappa shape index (κ1) is 12.7. The molecule has 3 rings (SSSR count). The summed E-state index contributed by atoms with van der Waals surface area (Å²) >= 11 is 1.59. The molecule has 0 spiro atoms. The van der Waals surface area contributed by atoms with Crippen molar-refractivity contribution < 1.29 is 14.3 Å². The van der Waals surface area contributed by atoms with Gasteiger partial charge in [0, 0.05) is 4.90 Å². The average Bonchev–Trinajstić information content (AvgIpc) is 2.90. The maximum atomic E-state index is 11.2. The quantitative estimate of drug-likeness (QED) is 0.739. The second-order valence-electron chi connectivity index (χ2n) is 4.18. The third-order valence-corrected chi connectivity index (χ3v) is 3.78. The minimum Gasteiger partial charge on any atom is -0.478 e. The Labute approximate surface area is 119 Å². The maximum Gasteiger partial charge on any atom is 0.338 e. The molecule has 20 heavy (non-hydrogen) atoms. The molecule has 0 aliphatic rings. The van der Waals surface area contributed by atoms with Gasteiger partial charge in [-0.2, -0.15) is 0 Å². The zero-order chi connectivity index (χ0) is 14.1. The number of carbonyl (C=O) groups is 1. The molecule has 0 unspecified atom stereocenters. The summed E-state index contributed by atoms with van der Waals surface area (Å²) in [5.74, 6) is -0.563. The van der Waals surface area contributed by atoms with Gasteiger partial charge in [-0.3, -0.25) is 0 Å². The number of thioether (sulfide) groups is 1. The monoisotopic (exact) mass is 285 g/mol. The van der Waals surface area contributed by atoms with Crippen LogP contribution < -0.4 is 0 Å². The fourth-order valence-corrected chi connectivity index (χ4v) is 2.65. The summed E-state index contributed by atoms with van der Waals surface area (Å²) in [5.41, 5.74) is 1.88. The Morgan fingerprint density at radius 2 is 2.00 bits per heavy atom. The maximum absolute atomic E-state index is 11.2. The molecule has 0 bridgehead atoms. The van der Waals surface area contributed by atoms with E-state index in [1.165, 1.54) is 6.07 Å². The standard InChI is InChI=1S/C15H11NO3S/c1-20-12-8-3-2-5-9(12)14-16-13-10(15(17)18)6-4-7-11(13)19-14/h2-8H,1H3,(H,17,18). The van der Waals surface area contributed by atoms with Crippen molar-refractivity contribution in [3.8, 4) is 11.5 Å². The molecule has 0 aliphatic carbocycles. The van der Waals surface area contributed by atoms with E-state index in [2.05, 4.69) is 4.98 Å². The number of aromatic carboxylic acids is 1. The molecular formula is C15H11NO3S. The van der Waals surface area contributed by atoms with Gasteiger partial charge in [-0.25, -0.2) is 9.78 Å². The zero-order valence-electron chi connectivity index (χ0n) is 10.7. The number of carboxylic acids is 1. The summed E-state index contributed by atoms with van der Waals surface area (Å²) in [6.45, 7) is 0. The first-order valence-corrected chi connectivity index (χ1v) is 7.19. The average molecular weight is 285 g/mol. The van der Waals surface area contributed by atoms with E-state index in [1.807, 2.05) is 30.5 Å². The smallest absolute Gasteiger partial charge is 0.338 e. The van der Waals surface area contributed by atoms with Crippen LogP contribution in [-0.2, 0) is 0 Å². The third-order valence-electron chi connectivity index (χ3n) is 2.99. The molecule has 3 aromatic rings. The number of nitrogens with zero attached hydrogens (tertiary/aromatic N) is 1. The Kier molecular flexibility index (Phi) is 3.20. The lowest BCUT2D eigenvalue weighted by Crippen LogP contribution is -1.96. The number of para-hydroxylation sites is 1. The molecule has 2 aromatic carbocycles. The van der Waals surface area contributed by atoms with E-state index in [0.29, 0.717) is 17.0 Å². The number of benzene rings is 2. The summed E-state index contributed by atoms with van der Waals surface area (Å²) in [5, 5.41) is 9.18. The van der Waals surface area contributed by atoms with Crippen molar-refractivity contribution in [2.45, 2.75) is 4.90 Å². The summed E-state index contributed by atoms with van der Waals surface area (Å²) in [6.07, 6.45) is 1.98. The van der Waals surface area contributed by atoms with E-state index in [9.17, 15) is 9.90 Å². The van der Waals surface area contributed by atoms with Crippen molar-refractivity contribution in [2.24, 2.45) is 0 Å². The molecule has 0 atom stereocenters. The van der Waals surface area contributed by atoms with Gasteiger partial charge in [0.15, 0.2) is 5.58 Å². The molecule has 1 aromatic heterocycles. The lowest BCUT2D eigenvalue weighted by Gasteiger charge is -2.01. The van der Waals surface area contributed by atoms with Gasteiger partial charge >= 0.3 is 5.97 Å². The Morgan fingerprint density at radius 1 is 1.20 bits per heavy atom. The molecule has 1 N–H and O–H groups in total. The van der Waals surface area contributed by atoms with Crippen LogP contribution in [0.4, 0.5) is 0 Å². The van der Waals surface area contributed by atoms with Gasteiger partial charge in [0.2, 0.25) is 5.89 Å². The predicted octanol–water partition coefficient (Wildman–Crippen LogP) is 3.91. The first-order chi connectivity index (χ1) is 9.70. The van der Waals surface area contributed by atoms with E-state index in [-0.39, 0.29) is 5.56 Å². The second kappa shape index (κ2) is 5.02. The summed E-state index contributed by atoms with van der Waals surface area (Å²) < 4.78 is 5.70. The van der Waals surface area contributed by atoms with E-state index in [4.69, 9.17) is 4.42 Å². The van der Waals surface area contributed by atoms with Crippen LogP contribution in [0.3, 0.4) is 0 Å². The highest BCUT2D eigenvalue weighted by molar-refractivity contribution is 7.98. The minimum atomic E-state index is -1.01. The summed E-state index contributed by atoms with van der Waals surface area (Å²) in [7, 11) is 0. The van der Waals surface area contributed by atoms with Gasteiger partial charge in [0.1, 0.15) is 5.52 Å². The van der Waals surface area contributed by atoms with Crippen molar-refractivity contribution in [3.63, 3.8) is 0 Å². The Bertz CT molecular complexity index is 795. The van der Waals surface area contributed by atoms with Crippen molar-refractivity contribution in [3.05, 3.63) is 48.0 Å². The van der Waals surface area contributed by atoms with Crippen LogP contribution in [0.1, 0.15) is 10.4 Å². The van der Waals surface area contributed by atoms with Gasteiger partial charge in [0.25, 0.3) is 0 Å². The van der Waals surface area contributed by atoms with E-state index < -0.39 is 5.97 Å². The largest absolute Gasteiger partial charge is 0.478 e. The van der Waals surface area contributed by atoms with Crippen LogP contribution in [-0.4, -0.2) is 22.3 Å². The third kappa shape index (κ3) is 2.06. The van der Waals surface area contributed by atoms with Crippen molar-refractivity contribution in [2.75, 3.05) is 6.26 Å². The number of oxazole rings is 1. The minimum absolute atomic E-state index is 0.152. The highest BCUT2D eigenvalue weighted by Crippen LogP contribution is 2.32. The number of fused-ring (bicyclic) bond motifs is 1.